The first-order valence-corrected chi connectivity index (χ1v) is 7.82. The van der Waals surface area contributed by atoms with Crippen LogP contribution >= 0.6 is 0 Å². The van der Waals surface area contributed by atoms with Gasteiger partial charge in [0.2, 0.25) is 0 Å². The Bertz CT molecular complexity index is 429. The molecule has 1 aliphatic heterocycles. The zero-order chi connectivity index (χ0) is 11.7. The molecule has 0 aromatic carbocycles. The van der Waals surface area contributed by atoms with Crippen molar-refractivity contribution in [1.29, 1.82) is 0 Å². The minimum Gasteiger partial charge on any atom is -0.206 e. The van der Waals surface area contributed by atoms with E-state index in [1.165, 1.54) is 0 Å². The molecule has 5 nitrogen and oxygen atoms in total. The Morgan fingerprint density at radius 2 is 1.20 bits per heavy atom. The second-order valence-corrected chi connectivity index (χ2v) is 7.10. The summed E-state index contributed by atoms with van der Waals surface area (Å²) in [5.41, 5.74) is 0. The van der Waals surface area contributed by atoms with Crippen LogP contribution in [0.4, 0.5) is 0 Å². The molecule has 0 radical (unpaired) electrons. The predicted octanol–water partition coefficient (Wildman–Crippen LogP) is 1.06. The van der Waals surface area contributed by atoms with Crippen molar-refractivity contribution >= 4 is 20.0 Å². The summed E-state index contributed by atoms with van der Waals surface area (Å²) >= 11 is 0. The standard InChI is InChI=1S/C8H15NO4S2/c1-3-5-7-8(6-4-2)15(12,13)9-14(7,10)11/h9H,3-6H2,1-2H3. The normalized spacial score (nSPS) is 23.3. The van der Waals surface area contributed by atoms with Gasteiger partial charge in [0.1, 0.15) is 0 Å². The highest BCUT2D eigenvalue weighted by atomic mass is 32.3. The molecule has 0 spiro atoms. The molecule has 0 atom stereocenters. The van der Waals surface area contributed by atoms with Crippen LogP contribution in [0.15, 0.2) is 9.81 Å². The lowest BCUT2D eigenvalue weighted by Crippen LogP contribution is -2.23. The molecule has 7 heteroatoms. The van der Waals surface area contributed by atoms with Crippen molar-refractivity contribution in [1.82, 2.24) is 4.13 Å². The topological polar surface area (TPSA) is 80.3 Å². The molecule has 1 rings (SSSR count). The molecule has 1 heterocycles. The van der Waals surface area contributed by atoms with E-state index in [0.29, 0.717) is 12.8 Å². The van der Waals surface area contributed by atoms with Crippen LogP contribution in [-0.2, 0) is 20.0 Å². The molecule has 1 N–H and O–H groups in total. The third kappa shape index (κ3) is 2.40. The van der Waals surface area contributed by atoms with E-state index in [2.05, 4.69) is 0 Å². The van der Waals surface area contributed by atoms with Gasteiger partial charge >= 0.3 is 0 Å². The summed E-state index contributed by atoms with van der Waals surface area (Å²) in [7, 11) is -7.57. The molecule has 0 unspecified atom stereocenters. The van der Waals surface area contributed by atoms with Crippen LogP contribution in [0.3, 0.4) is 0 Å². The Kier molecular flexibility index (Phi) is 3.57. The predicted molar refractivity (Wildman–Crippen MR) is 57.8 cm³/mol. The van der Waals surface area contributed by atoms with Crippen molar-refractivity contribution in [3.63, 3.8) is 0 Å². The van der Waals surface area contributed by atoms with Gasteiger partial charge in [-0.15, -0.1) is 4.13 Å². The SMILES string of the molecule is CCCC1=C(CCC)S(=O)(=O)NS1(=O)=O. The van der Waals surface area contributed by atoms with Crippen molar-refractivity contribution in [2.45, 2.75) is 39.5 Å². The van der Waals surface area contributed by atoms with Crippen molar-refractivity contribution in [3.05, 3.63) is 9.81 Å². The van der Waals surface area contributed by atoms with Crippen molar-refractivity contribution in [2.75, 3.05) is 0 Å². The highest BCUT2D eigenvalue weighted by Gasteiger charge is 2.39. The van der Waals surface area contributed by atoms with Crippen LogP contribution in [0.2, 0.25) is 0 Å². The first-order chi connectivity index (χ1) is 6.85. The smallest absolute Gasteiger partial charge is 0.206 e. The van der Waals surface area contributed by atoms with E-state index in [1.54, 1.807) is 4.13 Å². The van der Waals surface area contributed by atoms with Gasteiger partial charge in [-0.1, -0.05) is 26.7 Å². The highest BCUT2D eigenvalue weighted by molar-refractivity contribution is 8.11. The molecule has 15 heavy (non-hydrogen) atoms. The zero-order valence-electron chi connectivity index (χ0n) is 8.78. The maximum absolute atomic E-state index is 11.5. The molecule has 0 aromatic heterocycles. The molecule has 0 saturated carbocycles. The van der Waals surface area contributed by atoms with Crippen LogP contribution in [0.1, 0.15) is 39.5 Å². The Morgan fingerprint density at radius 1 is 0.867 bits per heavy atom. The van der Waals surface area contributed by atoms with Crippen LogP contribution in [0.25, 0.3) is 0 Å². The number of hydrogen-bond acceptors (Lipinski definition) is 4. The lowest BCUT2D eigenvalue weighted by molar-refractivity contribution is 0.587. The largest absolute Gasteiger partial charge is 0.250 e. The summed E-state index contributed by atoms with van der Waals surface area (Å²) in [5.74, 6) is 0. The van der Waals surface area contributed by atoms with Gasteiger partial charge in [0, 0.05) is 0 Å². The van der Waals surface area contributed by atoms with Gasteiger partial charge < -0.3 is 0 Å². The number of nitrogens with one attached hydrogen (secondary N) is 1. The average molecular weight is 253 g/mol. The third-order valence-corrected chi connectivity index (χ3v) is 6.22. The molecule has 0 saturated heterocycles. The van der Waals surface area contributed by atoms with Gasteiger partial charge in [-0.2, -0.15) is 0 Å². The molecule has 88 valence electrons. The van der Waals surface area contributed by atoms with Crippen molar-refractivity contribution in [3.8, 4) is 0 Å². The van der Waals surface area contributed by atoms with Gasteiger partial charge in [0.15, 0.2) is 0 Å². The molecule has 0 fully saturated rings. The van der Waals surface area contributed by atoms with Crippen LogP contribution in [-0.4, -0.2) is 16.8 Å². The van der Waals surface area contributed by atoms with E-state index in [9.17, 15) is 16.8 Å². The maximum Gasteiger partial charge on any atom is 0.250 e. The molecular formula is C8H15NO4S2. The quantitative estimate of drug-likeness (QED) is 0.812. The second-order valence-electron chi connectivity index (χ2n) is 3.44. The van der Waals surface area contributed by atoms with Gasteiger partial charge in [-0.25, -0.2) is 16.8 Å². The zero-order valence-corrected chi connectivity index (χ0v) is 10.4. The monoisotopic (exact) mass is 253 g/mol. The van der Waals surface area contributed by atoms with E-state index in [-0.39, 0.29) is 22.7 Å². The summed E-state index contributed by atoms with van der Waals surface area (Å²) in [6, 6.07) is 0. The maximum atomic E-state index is 11.5. The molecule has 0 aliphatic carbocycles. The van der Waals surface area contributed by atoms with Gasteiger partial charge in [0.25, 0.3) is 20.0 Å². The second kappa shape index (κ2) is 4.23. The number of allylic oxidation sites excluding steroid dienone is 2. The Hall–Kier alpha value is -0.400. The van der Waals surface area contributed by atoms with Gasteiger partial charge in [0.05, 0.1) is 9.81 Å². The lowest BCUT2D eigenvalue weighted by Gasteiger charge is -2.00. The summed E-state index contributed by atoms with van der Waals surface area (Å²) < 4.78 is 47.7. The fraction of sp³-hybridized carbons (Fsp3) is 0.750. The fourth-order valence-electron chi connectivity index (χ4n) is 1.55. The molecule has 1 aliphatic rings. The third-order valence-electron chi connectivity index (χ3n) is 2.13. The van der Waals surface area contributed by atoms with Crippen LogP contribution in [0, 0.1) is 0 Å². The van der Waals surface area contributed by atoms with Gasteiger partial charge in [-0.3, -0.25) is 0 Å². The van der Waals surface area contributed by atoms with E-state index >= 15 is 0 Å². The van der Waals surface area contributed by atoms with E-state index in [4.69, 9.17) is 0 Å². The number of sulfonamides is 2. The Morgan fingerprint density at radius 3 is 1.47 bits per heavy atom. The van der Waals surface area contributed by atoms with Crippen LogP contribution < -0.4 is 4.13 Å². The molecule has 0 amide bonds. The average Bonchev–Trinajstić information content (AvgIpc) is 2.23. The van der Waals surface area contributed by atoms with Gasteiger partial charge in [-0.05, 0) is 12.8 Å². The first kappa shape index (κ1) is 12.7. The van der Waals surface area contributed by atoms with E-state index < -0.39 is 20.0 Å². The molecule has 0 bridgehead atoms. The van der Waals surface area contributed by atoms with Crippen LogP contribution in [0.5, 0.6) is 0 Å². The summed E-state index contributed by atoms with van der Waals surface area (Å²) in [6.45, 7) is 3.63. The minimum absolute atomic E-state index is 0.0480. The minimum atomic E-state index is -3.79. The number of hydrogen-bond donors (Lipinski definition) is 1. The Labute approximate surface area is 90.7 Å². The van der Waals surface area contributed by atoms with E-state index in [0.717, 1.165) is 0 Å². The summed E-state index contributed by atoms with van der Waals surface area (Å²) in [4.78, 5) is 0.0960. The lowest BCUT2D eigenvalue weighted by atomic mass is 10.2. The van der Waals surface area contributed by atoms with Crippen molar-refractivity contribution < 1.29 is 16.8 Å². The van der Waals surface area contributed by atoms with Crippen molar-refractivity contribution in [2.24, 2.45) is 0 Å². The number of rotatable bonds is 4. The fourth-order valence-corrected chi connectivity index (χ4v) is 5.91. The highest BCUT2D eigenvalue weighted by Crippen LogP contribution is 2.31. The summed E-state index contributed by atoms with van der Waals surface area (Å²) in [5, 5.41) is 0. The molecular weight excluding hydrogens is 238 g/mol. The molecule has 0 aromatic rings. The Balaban J connectivity index is 3.33. The summed E-state index contributed by atoms with van der Waals surface area (Å²) in [6.07, 6.45) is 1.78. The van der Waals surface area contributed by atoms with E-state index in [1.807, 2.05) is 13.8 Å². The first-order valence-electron chi connectivity index (χ1n) is 4.85.